The van der Waals surface area contributed by atoms with Crippen LogP contribution in [0.3, 0.4) is 0 Å². The zero-order valence-electron chi connectivity index (χ0n) is 11.8. The van der Waals surface area contributed by atoms with Gasteiger partial charge in [-0.2, -0.15) is 0 Å². The number of hydrogen-bond donors (Lipinski definition) is 2. The lowest BCUT2D eigenvalue weighted by Gasteiger charge is -2.32. The summed E-state index contributed by atoms with van der Waals surface area (Å²) in [4.78, 5) is 24.2. The van der Waals surface area contributed by atoms with Gasteiger partial charge in [0, 0.05) is 19.6 Å². The van der Waals surface area contributed by atoms with Crippen LogP contribution in [0.2, 0.25) is 0 Å². The lowest BCUT2D eigenvalue weighted by molar-refractivity contribution is -0.138. The minimum atomic E-state index is -1.04. The van der Waals surface area contributed by atoms with Crippen LogP contribution in [0.4, 0.5) is 0 Å². The largest absolute Gasteiger partial charge is 0.480 e. The van der Waals surface area contributed by atoms with Crippen molar-refractivity contribution in [1.82, 2.24) is 10.2 Å². The fourth-order valence-electron chi connectivity index (χ4n) is 2.34. The van der Waals surface area contributed by atoms with Crippen LogP contribution in [0.5, 0.6) is 0 Å². The summed E-state index contributed by atoms with van der Waals surface area (Å²) < 4.78 is 5.57. The first-order valence-corrected chi connectivity index (χ1v) is 7.00. The molecule has 6 heteroatoms. The summed E-state index contributed by atoms with van der Waals surface area (Å²) in [5.41, 5.74) is 1.23. The number of carbonyl (C=O) groups is 2. The first-order valence-electron chi connectivity index (χ1n) is 7.00. The average Bonchev–Trinajstić information content (AvgIpc) is 2.46. The number of rotatable bonds is 6. The lowest BCUT2D eigenvalue weighted by atomic mass is 10.1. The van der Waals surface area contributed by atoms with E-state index in [1.807, 2.05) is 18.2 Å². The SMILES string of the molecule is O=C(O)CNC(=O)CC1CN(Cc2ccccc2)CCO1. The van der Waals surface area contributed by atoms with E-state index in [9.17, 15) is 9.59 Å². The Morgan fingerprint density at radius 2 is 2.10 bits per heavy atom. The third kappa shape index (κ3) is 5.53. The third-order valence-electron chi connectivity index (χ3n) is 3.32. The predicted molar refractivity (Wildman–Crippen MR) is 76.7 cm³/mol. The number of carboxylic acids is 1. The normalized spacial score (nSPS) is 19.1. The Morgan fingerprint density at radius 3 is 2.81 bits per heavy atom. The third-order valence-corrected chi connectivity index (χ3v) is 3.32. The molecule has 2 N–H and O–H groups in total. The molecule has 6 nitrogen and oxygen atoms in total. The molecule has 1 aliphatic rings. The molecule has 1 atom stereocenters. The van der Waals surface area contributed by atoms with Gasteiger partial charge >= 0.3 is 5.97 Å². The van der Waals surface area contributed by atoms with E-state index in [0.29, 0.717) is 13.2 Å². The first kappa shape index (κ1) is 15.5. The zero-order valence-corrected chi connectivity index (χ0v) is 11.8. The molecule has 1 aromatic carbocycles. The Labute approximate surface area is 123 Å². The number of aliphatic carboxylic acids is 1. The van der Waals surface area contributed by atoms with Crippen molar-refractivity contribution in [2.45, 2.75) is 19.1 Å². The standard InChI is InChI=1S/C15H20N2O4/c18-14(16-9-15(19)20)8-13-11-17(6-7-21-13)10-12-4-2-1-3-5-12/h1-5,13H,6-11H2,(H,16,18)(H,19,20). The minimum absolute atomic E-state index is 0.184. The van der Waals surface area contributed by atoms with Crippen molar-refractivity contribution in [3.8, 4) is 0 Å². The number of benzene rings is 1. The smallest absolute Gasteiger partial charge is 0.322 e. The van der Waals surface area contributed by atoms with Crippen LogP contribution in [-0.4, -0.2) is 54.2 Å². The van der Waals surface area contributed by atoms with Gasteiger partial charge in [0.05, 0.1) is 19.1 Å². The van der Waals surface area contributed by atoms with Crippen molar-refractivity contribution in [2.75, 3.05) is 26.2 Å². The Hall–Kier alpha value is -1.92. The summed E-state index contributed by atoms with van der Waals surface area (Å²) in [7, 11) is 0. The van der Waals surface area contributed by atoms with E-state index in [0.717, 1.165) is 13.1 Å². The van der Waals surface area contributed by atoms with Gasteiger partial charge in [0.25, 0.3) is 0 Å². The maximum absolute atomic E-state index is 11.6. The molecular weight excluding hydrogens is 272 g/mol. The van der Waals surface area contributed by atoms with Gasteiger partial charge in [0.2, 0.25) is 5.91 Å². The van der Waals surface area contributed by atoms with Gasteiger partial charge in [0.15, 0.2) is 0 Å². The second-order valence-electron chi connectivity index (χ2n) is 5.09. The van der Waals surface area contributed by atoms with Gasteiger partial charge in [0.1, 0.15) is 6.54 Å². The molecule has 2 rings (SSSR count). The zero-order chi connectivity index (χ0) is 15.1. The van der Waals surface area contributed by atoms with E-state index in [-0.39, 0.29) is 25.0 Å². The minimum Gasteiger partial charge on any atom is -0.480 e. The van der Waals surface area contributed by atoms with E-state index in [4.69, 9.17) is 9.84 Å². The van der Waals surface area contributed by atoms with Gasteiger partial charge < -0.3 is 15.2 Å². The summed E-state index contributed by atoms with van der Waals surface area (Å²) in [5.74, 6) is -1.33. The maximum Gasteiger partial charge on any atom is 0.322 e. The number of amides is 1. The summed E-state index contributed by atoms with van der Waals surface area (Å²) in [5, 5.41) is 10.9. The molecule has 1 unspecified atom stereocenters. The van der Waals surface area contributed by atoms with Crippen LogP contribution in [0.25, 0.3) is 0 Å². The summed E-state index contributed by atoms with van der Waals surface area (Å²) >= 11 is 0. The first-order chi connectivity index (χ1) is 10.1. The molecule has 0 saturated carbocycles. The molecule has 1 fully saturated rings. The fourth-order valence-corrected chi connectivity index (χ4v) is 2.34. The highest BCUT2D eigenvalue weighted by atomic mass is 16.5. The van der Waals surface area contributed by atoms with Gasteiger partial charge in [-0.3, -0.25) is 14.5 Å². The second kappa shape index (κ2) is 7.75. The summed E-state index contributed by atoms with van der Waals surface area (Å²) in [6, 6.07) is 10.1. The quantitative estimate of drug-likeness (QED) is 0.797. The highest BCUT2D eigenvalue weighted by molar-refractivity contribution is 5.81. The summed E-state index contributed by atoms with van der Waals surface area (Å²) in [6.07, 6.45) is 0.00900. The van der Waals surface area contributed by atoms with Gasteiger partial charge in [-0.25, -0.2) is 0 Å². The number of nitrogens with one attached hydrogen (secondary N) is 1. The van der Waals surface area contributed by atoms with Crippen molar-refractivity contribution in [3.63, 3.8) is 0 Å². The van der Waals surface area contributed by atoms with Crippen LogP contribution in [-0.2, 0) is 20.9 Å². The molecule has 114 valence electrons. The van der Waals surface area contributed by atoms with Crippen molar-refractivity contribution in [3.05, 3.63) is 35.9 Å². The van der Waals surface area contributed by atoms with Crippen LogP contribution in [0, 0.1) is 0 Å². The summed E-state index contributed by atoms with van der Waals surface area (Å²) in [6.45, 7) is 2.58. The van der Waals surface area contributed by atoms with Crippen LogP contribution >= 0.6 is 0 Å². The Kier molecular flexibility index (Phi) is 5.71. The highest BCUT2D eigenvalue weighted by Gasteiger charge is 2.23. The van der Waals surface area contributed by atoms with Gasteiger partial charge in [-0.05, 0) is 5.56 Å². The molecule has 0 spiro atoms. The number of ether oxygens (including phenoxy) is 1. The average molecular weight is 292 g/mol. The Balaban J connectivity index is 1.78. The molecule has 0 bridgehead atoms. The van der Waals surface area contributed by atoms with Crippen molar-refractivity contribution in [2.24, 2.45) is 0 Å². The van der Waals surface area contributed by atoms with Crippen molar-refractivity contribution in [1.29, 1.82) is 0 Å². The van der Waals surface area contributed by atoms with E-state index < -0.39 is 5.97 Å². The van der Waals surface area contributed by atoms with Crippen molar-refractivity contribution >= 4 is 11.9 Å². The van der Waals surface area contributed by atoms with E-state index in [1.165, 1.54) is 5.56 Å². The molecule has 21 heavy (non-hydrogen) atoms. The molecular formula is C15H20N2O4. The number of morpholine rings is 1. The van der Waals surface area contributed by atoms with Gasteiger partial charge in [-0.1, -0.05) is 30.3 Å². The molecule has 1 heterocycles. The molecule has 0 radical (unpaired) electrons. The van der Waals surface area contributed by atoms with Gasteiger partial charge in [-0.15, -0.1) is 0 Å². The molecule has 0 aromatic heterocycles. The number of carboxylic acid groups (broad SMARTS) is 1. The molecule has 1 amide bonds. The molecule has 1 aromatic rings. The van der Waals surface area contributed by atoms with E-state index >= 15 is 0 Å². The number of nitrogens with zero attached hydrogens (tertiary/aromatic N) is 1. The van der Waals surface area contributed by atoms with Crippen LogP contribution in [0.15, 0.2) is 30.3 Å². The number of hydrogen-bond acceptors (Lipinski definition) is 4. The molecule has 0 aliphatic carbocycles. The van der Waals surface area contributed by atoms with Crippen molar-refractivity contribution < 1.29 is 19.4 Å². The Morgan fingerprint density at radius 1 is 1.33 bits per heavy atom. The maximum atomic E-state index is 11.6. The second-order valence-corrected chi connectivity index (χ2v) is 5.09. The highest BCUT2D eigenvalue weighted by Crippen LogP contribution is 2.12. The molecule has 1 aliphatic heterocycles. The van der Waals surface area contributed by atoms with Crippen LogP contribution < -0.4 is 5.32 Å². The monoisotopic (exact) mass is 292 g/mol. The lowest BCUT2D eigenvalue weighted by Crippen LogP contribution is -2.44. The van der Waals surface area contributed by atoms with Crippen LogP contribution in [0.1, 0.15) is 12.0 Å². The topological polar surface area (TPSA) is 78.9 Å². The number of carbonyl (C=O) groups excluding carboxylic acids is 1. The fraction of sp³-hybridized carbons (Fsp3) is 0.467. The van der Waals surface area contributed by atoms with E-state index in [1.54, 1.807) is 0 Å². The predicted octanol–water partition coefficient (Wildman–Crippen LogP) is 0.478. The van der Waals surface area contributed by atoms with E-state index in [2.05, 4.69) is 22.3 Å². The molecule has 1 saturated heterocycles. The Bertz CT molecular complexity index is 478.